The van der Waals surface area contributed by atoms with Gasteiger partial charge in [0, 0.05) is 31.8 Å². The number of likely N-dealkylation sites (N-methyl/N-ethyl adjacent to an activating group) is 1. The Morgan fingerprint density at radius 2 is 1.91 bits per heavy atom. The van der Waals surface area contributed by atoms with Gasteiger partial charge in [0.2, 0.25) is 5.82 Å². The molecule has 1 fully saturated rings. The Balaban J connectivity index is 1.30. The minimum atomic E-state index is -1.03. The fourth-order valence-electron chi connectivity index (χ4n) is 4.31. The largest absolute Gasteiger partial charge is 0.489 e. The summed E-state index contributed by atoms with van der Waals surface area (Å²) in [4.78, 5) is 33.1. The normalized spacial score (nSPS) is 17.7. The van der Waals surface area contributed by atoms with Crippen LogP contribution >= 0.6 is 0 Å². The molecule has 5 rings (SSSR count). The highest BCUT2D eigenvalue weighted by molar-refractivity contribution is 6.02. The lowest BCUT2D eigenvalue weighted by atomic mass is 10.2. The van der Waals surface area contributed by atoms with Gasteiger partial charge in [0.1, 0.15) is 36.4 Å². The van der Waals surface area contributed by atoms with E-state index in [2.05, 4.69) is 15.4 Å². The molecular formula is C24H24F2N6O3. The first kappa shape index (κ1) is 22.8. The van der Waals surface area contributed by atoms with Crippen LogP contribution in [0.4, 0.5) is 20.2 Å². The van der Waals surface area contributed by atoms with Crippen LogP contribution in [-0.4, -0.2) is 59.4 Å². The first-order valence-corrected chi connectivity index (χ1v) is 11.3. The van der Waals surface area contributed by atoms with E-state index in [1.54, 1.807) is 31.3 Å². The lowest BCUT2D eigenvalue weighted by Gasteiger charge is -2.23. The summed E-state index contributed by atoms with van der Waals surface area (Å²) in [7, 11) is 1.56. The molecule has 2 aliphatic heterocycles. The van der Waals surface area contributed by atoms with Crippen molar-refractivity contribution in [1.82, 2.24) is 20.1 Å². The summed E-state index contributed by atoms with van der Waals surface area (Å²) < 4.78 is 35.7. The number of fused-ring (bicyclic) bond motifs is 1. The number of carbonyl (C=O) groups is 2. The fraction of sp³-hybridized carbons (Fsp3) is 0.333. The highest BCUT2D eigenvalue weighted by Crippen LogP contribution is 2.37. The molecule has 0 aliphatic carbocycles. The van der Waals surface area contributed by atoms with Crippen molar-refractivity contribution in [1.29, 1.82) is 0 Å². The molecule has 2 aliphatic rings. The second kappa shape index (κ2) is 9.32. The Morgan fingerprint density at radius 3 is 2.69 bits per heavy atom. The van der Waals surface area contributed by atoms with Gasteiger partial charge in [-0.3, -0.25) is 9.59 Å². The van der Waals surface area contributed by atoms with Crippen molar-refractivity contribution in [3.8, 4) is 5.75 Å². The highest BCUT2D eigenvalue weighted by Gasteiger charge is 2.33. The van der Waals surface area contributed by atoms with Gasteiger partial charge in [0.05, 0.1) is 17.9 Å². The number of amides is 2. The molecule has 0 spiro atoms. The van der Waals surface area contributed by atoms with E-state index in [0.29, 0.717) is 16.9 Å². The molecule has 1 saturated heterocycles. The van der Waals surface area contributed by atoms with Crippen molar-refractivity contribution >= 4 is 23.2 Å². The van der Waals surface area contributed by atoms with E-state index in [-0.39, 0.29) is 30.5 Å². The van der Waals surface area contributed by atoms with Crippen LogP contribution < -0.4 is 19.9 Å². The van der Waals surface area contributed by atoms with Crippen molar-refractivity contribution in [3.05, 3.63) is 65.7 Å². The molecule has 2 amide bonds. The van der Waals surface area contributed by atoms with E-state index >= 15 is 0 Å². The minimum Gasteiger partial charge on any atom is -0.489 e. The van der Waals surface area contributed by atoms with Crippen molar-refractivity contribution in [2.24, 2.45) is 0 Å². The maximum Gasteiger partial charge on any atom is 0.291 e. The zero-order valence-corrected chi connectivity index (χ0v) is 19.1. The zero-order valence-electron chi connectivity index (χ0n) is 19.1. The van der Waals surface area contributed by atoms with Gasteiger partial charge in [-0.25, -0.2) is 18.4 Å². The number of ether oxygens (including phenoxy) is 1. The molecule has 0 saturated carbocycles. The van der Waals surface area contributed by atoms with Gasteiger partial charge < -0.3 is 19.9 Å². The van der Waals surface area contributed by atoms with Gasteiger partial charge in [-0.1, -0.05) is 18.2 Å². The fourth-order valence-corrected chi connectivity index (χ4v) is 4.31. The van der Waals surface area contributed by atoms with Crippen LogP contribution in [0.3, 0.4) is 0 Å². The number of nitrogens with one attached hydrogen (secondary N) is 1. The van der Waals surface area contributed by atoms with Crippen molar-refractivity contribution in [2.75, 3.05) is 36.5 Å². The highest BCUT2D eigenvalue weighted by atomic mass is 19.1. The van der Waals surface area contributed by atoms with Gasteiger partial charge >= 0.3 is 0 Å². The number of hydrogen-bond acceptors (Lipinski definition) is 6. The first-order valence-electron chi connectivity index (χ1n) is 11.3. The Kier molecular flexibility index (Phi) is 6.06. The van der Waals surface area contributed by atoms with Crippen molar-refractivity contribution in [2.45, 2.75) is 25.4 Å². The van der Waals surface area contributed by atoms with Gasteiger partial charge in [0.25, 0.3) is 11.8 Å². The number of rotatable bonds is 5. The van der Waals surface area contributed by atoms with E-state index in [0.717, 1.165) is 25.9 Å². The molecule has 0 unspecified atom stereocenters. The molecule has 1 N–H and O–H groups in total. The van der Waals surface area contributed by atoms with Gasteiger partial charge in [-0.2, -0.15) is 0 Å². The summed E-state index contributed by atoms with van der Waals surface area (Å²) in [5.74, 6) is -1.84. The summed E-state index contributed by atoms with van der Waals surface area (Å²) >= 11 is 0. The van der Waals surface area contributed by atoms with E-state index in [1.807, 2.05) is 4.90 Å². The Hall–Kier alpha value is -4.02. The molecule has 1 atom stereocenters. The van der Waals surface area contributed by atoms with Crippen LogP contribution in [0.5, 0.6) is 5.75 Å². The average molecular weight is 482 g/mol. The van der Waals surface area contributed by atoms with E-state index < -0.39 is 23.7 Å². The third-order valence-electron chi connectivity index (χ3n) is 6.21. The second-order valence-corrected chi connectivity index (χ2v) is 8.56. The molecule has 0 radical (unpaired) electrons. The summed E-state index contributed by atoms with van der Waals surface area (Å²) in [6, 6.07) is 8.11. The number of aromatic nitrogens is 3. The molecule has 11 heteroatoms. The van der Waals surface area contributed by atoms with Crippen LogP contribution in [0.2, 0.25) is 0 Å². The third-order valence-corrected chi connectivity index (χ3v) is 6.21. The van der Waals surface area contributed by atoms with E-state index in [9.17, 15) is 18.4 Å². The molecule has 3 heterocycles. The average Bonchev–Trinajstić information content (AvgIpc) is 3.53. The maximum absolute atomic E-state index is 14.8. The number of carbonyl (C=O) groups excluding carboxylic acids is 2. The number of nitrogens with zero attached hydrogens (tertiary/aromatic N) is 5. The molecule has 35 heavy (non-hydrogen) atoms. The number of halogens is 2. The van der Waals surface area contributed by atoms with Gasteiger partial charge in [-0.15, -0.1) is 5.10 Å². The standard InChI is InChI=1S/C24H24F2N6O3/c1-30-20-11-19(31-8-4-5-9-31)17(26)10-21(20)35-13-18(24(30)34)28-23(33)22-27-14-32(29-22)12-15-6-2-3-7-16(15)25/h2-3,6-7,10-11,14,18H,4-5,8-9,12-13H2,1H3,(H,28,33)/t18-/m0/s1. The lowest BCUT2D eigenvalue weighted by molar-refractivity contribution is -0.120. The van der Waals surface area contributed by atoms with Crippen LogP contribution in [0.25, 0.3) is 0 Å². The molecular weight excluding hydrogens is 458 g/mol. The predicted molar refractivity (Wildman–Crippen MR) is 124 cm³/mol. The molecule has 9 nitrogen and oxygen atoms in total. The SMILES string of the molecule is CN1C(=O)[C@@H](NC(=O)c2ncn(Cc3ccccc3F)n2)COc2cc(F)c(N3CCCC3)cc21. The second-order valence-electron chi connectivity index (χ2n) is 8.56. The lowest BCUT2D eigenvalue weighted by Crippen LogP contribution is -2.49. The van der Waals surface area contributed by atoms with Gasteiger partial charge in [0.15, 0.2) is 0 Å². The number of hydrogen-bond donors (Lipinski definition) is 1. The van der Waals surface area contributed by atoms with Crippen LogP contribution in [0.1, 0.15) is 29.0 Å². The summed E-state index contributed by atoms with van der Waals surface area (Å²) in [5, 5.41) is 6.68. The smallest absolute Gasteiger partial charge is 0.291 e. The Labute approximate surface area is 200 Å². The van der Waals surface area contributed by atoms with Crippen LogP contribution in [0.15, 0.2) is 42.7 Å². The Bertz CT molecular complexity index is 1270. The quantitative estimate of drug-likeness (QED) is 0.600. The maximum atomic E-state index is 14.8. The predicted octanol–water partition coefficient (Wildman–Crippen LogP) is 2.36. The summed E-state index contributed by atoms with van der Waals surface area (Å²) in [5.41, 5.74) is 1.26. The summed E-state index contributed by atoms with van der Waals surface area (Å²) in [6.45, 7) is 1.43. The number of benzene rings is 2. The summed E-state index contributed by atoms with van der Waals surface area (Å²) in [6.07, 6.45) is 3.29. The third kappa shape index (κ3) is 4.53. The van der Waals surface area contributed by atoms with Crippen molar-refractivity contribution < 1.29 is 23.1 Å². The number of anilines is 2. The monoisotopic (exact) mass is 482 g/mol. The van der Waals surface area contributed by atoms with Crippen LogP contribution in [0, 0.1) is 11.6 Å². The first-order chi connectivity index (χ1) is 16.9. The molecule has 182 valence electrons. The van der Waals surface area contributed by atoms with E-state index in [1.165, 1.54) is 28.0 Å². The minimum absolute atomic E-state index is 0.0986. The van der Waals surface area contributed by atoms with Crippen molar-refractivity contribution in [3.63, 3.8) is 0 Å². The van der Waals surface area contributed by atoms with Gasteiger partial charge in [-0.05, 0) is 25.0 Å². The molecule has 0 bridgehead atoms. The zero-order chi connectivity index (χ0) is 24.5. The molecule has 1 aromatic heterocycles. The molecule has 2 aromatic carbocycles. The molecule has 3 aromatic rings. The van der Waals surface area contributed by atoms with Crippen LogP contribution in [-0.2, 0) is 11.3 Å². The Morgan fingerprint density at radius 1 is 1.14 bits per heavy atom. The van der Waals surface area contributed by atoms with E-state index in [4.69, 9.17) is 4.74 Å². The topological polar surface area (TPSA) is 92.6 Å².